The third-order valence-electron chi connectivity index (χ3n) is 2.74. The Labute approximate surface area is 125 Å². The Morgan fingerprint density at radius 3 is 1.57 bits per heavy atom. The lowest BCUT2D eigenvalue weighted by molar-refractivity contribution is -0.131. The summed E-state index contributed by atoms with van der Waals surface area (Å²) in [5.41, 5.74) is 2.71. The monoisotopic (exact) mass is 284 g/mol. The number of rotatable bonds is 3. The molecule has 0 unspecified atom stereocenters. The highest BCUT2D eigenvalue weighted by molar-refractivity contribution is 5.94. The SMILES string of the molecule is CC.CC(=O)Oc1ccc(-c2ccc(C(C)=O)cc2)cc1. The topological polar surface area (TPSA) is 43.4 Å². The van der Waals surface area contributed by atoms with Gasteiger partial charge in [-0.05, 0) is 30.2 Å². The molecule has 0 atom stereocenters. The molecular weight excluding hydrogens is 264 g/mol. The van der Waals surface area contributed by atoms with Gasteiger partial charge in [0.1, 0.15) is 5.75 Å². The van der Waals surface area contributed by atoms with Crippen LogP contribution in [0.5, 0.6) is 5.75 Å². The van der Waals surface area contributed by atoms with Crippen molar-refractivity contribution in [2.24, 2.45) is 0 Å². The minimum absolute atomic E-state index is 0.0526. The normalized spacial score (nSPS) is 9.33. The number of hydrogen-bond donors (Lipinski definition) is 0. The van der Waals surface area contributed by atoms with Crippen molar-refractivity contribution in [2.75, 3.05) is 0 Å². The number of ether oxygens (including phenoxy) is 1. The fourth-order valence-electron chi connectivity index (χ4n) is 1.78. The highest BCUT2D eigenvalue weighted by Gasteiger charge is 2.02. The largest absolute Gasteiger partial charge is 0.427 e. The number of benzene rings is 2. The second-order valence-corrected chi connectivity index (χ2v) is 4.25. The van der Waals surface area contributed by atoms with Crippen molar-refractivity contribution >= 4 is 11.8 Å². The number of esters is 1. The van der Waals surface area contributed by atoms with Gasteiger partial charge in [-0.15, -0.1) is 0 Å². The molecule has 0 fully saturated rings. The molecule has 3 heteroatoms. The quantitative estimate of drug-likeness (QED) is 0.473. The minimum atomic E-state index is -0.335. The molecule has 0 aliphatic heterocycles. The van der Waals surface area contributed by atoms with E-state index in [2.05, 4.69) is 0 Å². The number of Topliss-reactive ketones (excluding diaryl/α,β-unsaturated/α-hetero) is 1. The summed E-state index contributed by atoms with van der Waals surface area (Å²) >= 11 is 0. The van der Waals surface area contributed by atoms with Crippen molar-refractivity contribution in [2.45, 2.75) is 27.7 Å². The molecule has 0 saturated carbocycles. The molecule has 0 amide bonds. The van der Waals surface area contributed by atoms with Gasteiger partial charge in [0.25, 0.3) is 0 Å². The van der Waals surface area contributed by atoms with Crippen LogP contribution in [0.3, 0.4) is 0 Å². The van der Waals surface area contributed by atoms with Gasteiger partial charge in [-0.3, -0.25) is 9.59 Å². The molecular formula is C18H20O3. The van der Waals surface area contributed by atoms with Gasteiger partial charge in [0.05, 0.1) is 0 Å². The van der Waals surface area contributed by atoms with Gasteiger partial charge >= 0.3 is 5.97 Å². The molecule has 2 rings (SSSR count). The van der Waals surface area contributed by atoms with E-state index in [-0.39, 0.29) is 11.8 Å². The molecule has 0 bridgehead atoms. The van der Waals surface area contributed by atoms with E-state index in [1.54, 1.807) is 31.2 Å². The summed E-state index contributed by atoms with van der Waals surface area (Å²) in [7, 11) is 0. The molecule has 2 aromatic rings. The number of carbonyl (C=O) groups excluding carboxylic acids is 2. The van der Waals surface area contributed by atoms with Crippen LogP contribution in [0.2, 0.25) is 0 Å². The first-order chi connectivity index (χ1) is 10.1. The van der Waals surface area contributed by atoms with Crippen molar-refractivity contribution in [1.29, 1.82) is 0 Å². The predicted molar refractivity (Wildman–Crippen MR) is 84.5 cm³/mol. The second kappa shape index (κ2) is 8.00. The van der Waals surface area contributed by atoms with Crippen molar-refractivity contribution in [1.82, 2.24) is 0 Å². The highest BCUT2D eigenvalue weighted by atomic mass is 16.5. The Kier molecular flexibility index (Phi) is 6.34. The maximum atomic E-state index is 11.2. The average molecular weight is 284 g/mol. The number of hydrogen-bond acceptors (Lipinski definition) is 3. The average Bonchev–Trinajstić information content (AvgIpc) is 2.49. The van der Waals surface area contributed by atoms with Crippen LogP contribution < -0.4 is 4.74 Å². The molecule has 0 heterocycles. The zero-order valence-electron chi connectivity index (χ0n) is 12.8. The van der Waals surface area contributed by atoms with Gasteiger partial charge in [0.15, 0.2) is 5.78 Å². The molecule has 0 aliphatic rings. The Morgan fingerprint density at radius 1 is 0.762 bits per heavy atom. The van der Waals surface area contributed by atoms with Crippen LogP contribution >= 0.6 is 0 Å². The molecule has 0 aliphatic carbocycles. The molecule has 110 valence electrons. The molecule has 21 heavy (non-hydrogen) atoms. The molecule has 0 N–H and O–H groups in total. The van der Waals surface area contributed by atoms with Gasteiger partial charge in [-0.1, -0.05) is 50.2 Å². The van der Waals surface area contributed by atoms with Crippen LogP contribution in [0.4, 0.5) is 0 Å². The van der Waals surface area contributed by atoms with Gasteiger partial charge in [-0.2, -0.15) is 0 Å². The van der Waals surface area contributed by atoms with Crippen LogP contribution in [-0.2, 0) is 4.79 Å². The molecule has 0 saturated heterocycles. The first-order valence-electron chi connectivity index (χ1n) is 6.96. The van der Waals surface area contributed by atoms with E-state index in [0.29, 0.717) is 11.3 Å². The molecule has 0 aromatic heterocycles. The minimum Gasteiger partial charge on any atom is -0.427 e. The van der Waals surface area contributed by atoms with Crippen LogP contribution in [0, 0.1) is 0 Å². The third-order valence-corrected chi connectivity index (χ3v) is 2.74. The summed E-state index contributed by atoms with van der Waals surface area (Å²) in [6.07, 6.45) is 0. The Bertz CT molecular complexity index is 595. The van der Waals surface area contributed by atoms with Crippen molar-refractivity contribution in [3.8, 4) is 16.9 Å². The van der Waals surface area contributed by atoms with Crippen molar-refractivity contribution < 1.29 is 14.3 Å². The fraction of sp³-hybridized carbons (Fsp3) is 0.222. The zero-order valence-corrected chi connectivity index (χ0v) is 12.8. The third kappa shape index (κ3) is 4.88. The number of carbonyl (C=O) groups is 2. The smallest absolute Gasteiger partial charge is 0.308 e. The zero-order chi connectivity index (χ0) is 15.8. The lowest BCUT2D eigenvalue weighted by atomic mass is 10.0. The van der Waals surface area contributed by atoms with E-state index >= 15 is 0 Å². The molecule has 2 aromatic carbocycles. The van der Waals surface area contributed by atoms with Crippen LogP contribution in [-0.4, -0.2) is 11.8 Å². The summed E-state index contributed by atoms with van der Waals surface area (Å²) in [6, 6.07) is 14.7. The fourth-order valence-corrected chi connectivity index (χ4v) is 1.78. The Balaban J connectivity index is 0.00000106. The van der Waals surface area contributed by atoms with Gasteiger partial charge in [-0.25, -0.2) is 0 Å². The Morgan fingerprint density at radius 2 is 1.19 bits per heavy atom. The molecule has 0 spiro atoms. The maximum absolute atomic E-state index is 11.2. The van der Waals surface area contributed by atoms with Gasteiger partial charge < -0.3 is 4.74 Å². The summed E-state index contributed by atoms with van der Waals surface area (Å²) < 4.78 is 4.97. The van der Waals surface area contributed by atoms with E-state index in [1.807, 2.05) is 38.1 Å². The summed E-state index contributed by atoms with van der Waals surface area (Å²) in [5, 5.41) is 0. The van der Waals surface area contributed by atoms with Crippen LogP contribution in [0.25, 0.3) is 11.1 Å². The maximum Gasteiger partial charge on any atom is 0.308 e. The van der Waals surface area contributed by atoms with Gasteiger partial charge in [0.2, 0.25) is 0 Å². The van der Waals surface area contributed by atoms with E-state index in [9.17, 15) is 9.59 Å². The lowest BCUT2D eigenvalue weighted by Gasteiger charge is -2.05. The van der Waals surface area contributed by atoms with Gasteiger partial charge in [0, 0.05) is 12.5 Å². The highest BCUT2D eigenvalue weighted by Crippen LogP contribution is 2.23. The summed E-state index contributed by atoms with van der Waals surface area (Å²) in [5.74, 6) is 0.243. The van der Waals surface area contributed by atoms with Crippen LogP contribution in [0.15, 0.2) is 48.5 Å². The van der Waals surface area contributed by atoms with Crippen molar-refractivity contribution in [3.63, 3.8) is 0 Å². The summed E-state index contributed by atoms with van der Waals surface area (Å²) in [6.45, 7) is 6.91. The second-order valence-electron chi connectivity index (χ2n) is 4.25. The van der Waals surface area contributed by atoms with Crippen LogP contribution in [0.1, 0.15) is 38.1 Å². The van der Waals surface area contributed by atoms with Crippen molar-refractivity contribution in [3.05, 3.63) is 54.1 Å². The summed E-state index contributed by atoms with van der Waals surface area (Å²) in [4.78, 5) is 22.0. The van der Waals surface area contributed by atoms with E-state index < -0.39 is 0 Å². The van der Waals surface area contributed by atoms with E-state index in [4.69, 9.17) is 4.74 Å². The molecule has 0 radical (unpaired) electrons. The van der Waals surface area contributed by atoms with E-state index in [0.717, 1.165) is 11.1 Å². The first kappa shape index (κ1) is 16.6. The number of ketones is 1. The lowest BCUT2D eigenvalue weighted by Crippen LogP contribution is -2.00. The predicted octanol–water partition coefficient (Wildman–Crippen LogP) is 4.51. The Hall–Kier alpha value is -2.42. The molecule has 3 nitrogen and oxygen atoms in total. The standard InChI is InChI=1S/C16H14O3.C2H6/c1-11(17)13-3-5-14(6-4-13)15-7-9-16(10-8-15)19-12(2)18;1-2/h3-10H,1-2H3;1-2H3. The van der Waals surface area contributed by atoms with E-state index in [1.165, 1.54) is 6.92 Å². The first-order valence-corrected chi connectivity index (χ1v) is 6.96.